The van der Waals surface area contributed by atoms with Gasteiger partial charge in [-0.15, -0.1) is 0 Å². The molecule has 2 saturated carbocycles. The lowest BCUT2D eigenvalue weighted by Gasteiger charge is -2.36. The molecule has 68 heavy (non-hydrogen) atoms. The van der Waals surface area contributed by atoms with Crippen molar-refractivity contribution in [2.75, 3.05) is 0 Å². The summed E-state index contributed by atoms with van der Waals surface area (Å²) in [5, 5.41) is 5.00. The van der Waals surface area contributed by atoms with Crippen LogP contribution in [0.1, 0.15) is 86.5 Å². The molecule has 2 spiro atoms. The van der Waals surface area contributed by atoms with Gasteiger partial charge >= 0.3 is 0 Å². The molecule has 1 aromatic heterocycles. The van der Waals surface area contributed by atoms with E-state index in [0.29, 0.717) is 17.5 Å². The molecule has 14 rings (SSSR count). The third-order valence-electron chi connectivity index (χ3n) is 16.5. The molecule has 3 heteroatoms. The molecular weight excluding hydrogens is 823 g/mol. The van der Waals surface area contributed by atoms with Gasteiger partial charge in [-0.05, 0) is 132 Å². The van der Waals surface area contributed by atoms with Crippen LogP contribution in [-0.4, -0.2) is 15.0 Å². The Kier molecular flexibility index (Phi) is 9.06. The minimum atomic E-state index is 0.0422. The molecule has 0 N–H and O–H groups in total. The Labute approximate surface area is 398 Å². The van der Waals surface area contributed by atoms with E-state index in [9.17, 15) is 0 Å². The second kappa shape index (κ2) is 15.5. The maximum absolute atomic E-state index is 5.26. The lowest BCUT2D eigenvalue weighted by Crippen LogP contribution is -2.28. The van der Waals surface area contributed by atoms with Crippen molar-refractivity contribution in [1.29, 1.82) is 0 Å². The minimum absolute atomic E-state index is 0.0422. The molecule has 10 aromatic rings. The summed E-state index contributed by atoms with van der Waals surface area (Å²) >= 11 is 0. The van der Waals surface area contributed by atoms with Crippen LogP contribution in [0.25, 0.3) is 100 Å². The van der Waals surface area contributed by atoms with E-state index in [1.54, 1.807) is 0 Å². The predicted molar refractivity (Wildman–Crippen MR) is 281 cm³/mol. The third kappa shape index (κ3) is 5.94. The number of fused-ring (bicyclic) bond motifs is 12. The molecule has 0 unspecified atom stereocenters. The molecule has 4 aliphatic rings. The van der Waals surface area contributed by atoms with E-state index in [4.69, 9.17) is 15.0 Å². The standard InChI is InChI=1S/C65H51N3/c1-5-19-42(20-6-1)61-66-62(43-21-7-2-8-22-43)68-63(67-61)46-31-34-53-54(39-46)60(45-30-33-50-48-24-12-14-28-56(48)65(58(50)41-45)37-17-4-18-38-65)52-26-10-9-25-51(52)59(53)44-29-32-49-47-23-11-13-27-55(47)64(57(49)40-44)35-15-3-16-36-64/h1-2,5-14,19-34,39-41H,3-4,15-18,35-38H2. The van der Waals surface area contributed by atoms with Crippen LogP contribution in [0.15, 0.2) is 188 Å². The lowest BCUT2D eigenvalue weighted by molar-refractivity contribution is 0.353. The maximum atomic E-state index is 5.26. The van der Waals surface area contributed by atoms with Crippen LogP contribution in [0, 0.1) is 0 Å². The van der Waals surface area contributed by atoms with Gasteiger partial charge in [0.2, 0.25) is 0 Å². The molecule has 9 aromatic carbocycles. The predicted octanol–water partition coefficient (Wildman–Crippen LogP) is 17.0. The van der Waals surface area contributed by atoms with Crippen LogP contribution in [0.3, 0.4) is 0 Å². The molecule has 0 radical (unpaired) electrons. The summed E-state index contributed by atoms with van der Waals surface area (Å²) in [7, 11) is 0. The quantitative estimate of drug-likeness (QED) is 0.162. The number of aromatic nitrogens is 3. The molecule has 1 heterocycles. The molecule has 2 fully saturated rings. The zero-order valence-corrected chi connectivity index (χ0v) is 38.3. The van der Waals surface area contributed by atoms with Crippen LogP contribution >= 0.6 is 0 Å². The van der Waals surface area contributed by atoms with Crippen molar-refractivity contribution >= 4 is 21.5 Å². The molecule has 0 atom stereocenters. The van der Waals surface area contributed by atoms with E-state index in [2.05, 4.69) is 176 Å². The molecule has 0 amide bonds. The number of nitrogens with zero attached hydrogens (tertiary/aromatic N) is 3. The first-order valence-corrected chi connectivity index (χ1v) is 25.0. The van der Waals surface area contributed by atoms with E-state index < -0.39 is 0 Å². The van der Waals surface area contributed by atoms with Gasteiger partial charge in [-0.25, -0.2) is 15.0 Å². The van der Waals surface area contributed by atoms with Gasteiger partial charge in [0.1, 0.15) is 0 Å². The van der Waals surface area contributed by atoms with Crippen LogP contribution in [0.5, 0.6) is 0 Å². The summed E-state index contributed by atoms with van der Waals surface area (Å²) < 4.78 is 0. The number of hydrogen-bond acceptors (Lipinski definition) is 3. The van der Waals surface area contributed by atoms with Crippen molar-refractivity contribution < 1.29 is 0 Å². The number of hydrogen-bond donors (Lipinski definition) is 0. The minimum Gasteiger partial charge on any atom is -0.208 e. The van der Waals surface area contributed by atoms with Crippen molar-refractivity contribution in [3.63, 3.8) is 0 Å². The van der Waals surface area contributed by atoms with Gasteiger partial charge in [0, 0.05) is 27.5 Å². The van der Waals surface area contributed by atoms with Gasteiger partial charge in [-0.2, -0.15) is 0 Å². The lowest BCUT2D eigenvalue weighted by atomic mass is 9.67. The largest absolute Gasteiger partial charge is 0.208 e. The maximum Gasteiger partial charge on any atom is 0.164 e. The highest BCUT2D eigenvalue weighted by Crippen LogP contribution is 2.59. The van der Waals surface area contributed by atoms with Gasteiger partial charge in [-0.3, -0.25) is 0 Å². The Hall–Kier alpha value is -7.49. The average Bonchev–Trinajstić information content (AvgIpc) is 3.83. The van der Waals surface area contributed by atoms with E-state index in [-0.39, 0.29) is 10.8 Å². The summed E-state index contributed by atoms with van der Waals surface area (Å²) in [6.07, 6.45) is 12.5. The number of benzene rings is 9. The van der Waals surface area contributed by atoms with Gasteiger partial charge in [-0.1, -0.05) is 208 Å². The smallest absolute Gasteiger partial charge is 0.164 e. The Morgan fingerprint density at radius 2 is 0.647 bits per heavy atom. The van der Waals surface area contributed by atoms with Crippen molar-refractivity contribution in [3.8, 4) is 78.7 Å². The van der Waals surface area contributed by atoms with Crippen molar-refractivity contribution in [2.45, 2.75) is 75.0 Å². The molecule has 0 saturated heterocycles. The fraction of sp³-hybridized carbons (Fsp3) is 0.185. The zero-order valence-electron chi connectivity index (χ0n) is 38.3. The summed E-state index contributed by atoms with van der Waals surface area (Å²) in [5.41, 5.74) is 19.8. The van der Waals surface area contributed by atoms with E-state index >= 15 is 0 Å². The molecule has 0 bridgehead atoms. The number of rotatable bonds is 5. The Morgan fingerprint density at radius 3 is 1.15 bits per heavy atom. The van der Waals surface area contributed by atoms with Gasteiger partial charge in [0.05, 0.1) is 0 Å². The van der Waals surface area contributed by atoms with Gasteiger partial charge in [0.25, 0.3) is 0 Å². The molecular formula is C65H51N3. The highest BCUT2D eigenvalue weighted by Gasteiger charge is 2.45. The highest BCUT2D eigenvalue weighted by atomic mass is 15.0. The van der Waals surface area contributed by atoms with Crippen molar-refractivity contribution in [2.24, 2.45) is 0 Å². The summed E-state index contributed by atoms with van der Waals surface area (Å²) in [6, 6.07) is 70.3. The van der Waals surface area contributed by atoms with Gasteiger partial charge in [0.15, 0.2) is 17.5 Å². The first kappa shape index (κ1) is 39.7. The van der Waals surface area contributed by atoms with Crippen LogP contribution in [0.4, 0.5) is 0 Å². The first-order chi connectivity index (χ1) is 33.7. The third-order valence-corrected chi connectivity index (χ3v) is 16.5. The van der Waals surface area contributed by atoms with Crippen molar-refractivity contribution in [1.82, 2.24) is 15.0 Å². The molecule has 326 valence electrons. The van der Waals surface area contributed by atoms with E-state index in [1.165, 1.54) is 153 Å². The fourth-order valence-corrected chi connectivity index (χ4v) is 13.5. The average molecular weight is 874 g/mol. The molecule has 3 nitrogen and oxygen atoms in total. The highest BCUT2D eigenvalue weighted by molar-refractivity contribution is 6.22. The SMILES string of the molecule is c1ccc(-c2nc(-c3ccccc3)nc(-c3ccc4c(-c5ccc6c(c5)C5(CCCCC5)c5ccccc5-6)c5ccccc5c(-c5ccc6c(c5)C5(CCCCC5)c5ccccc5-6)c4c3)n2)cc1. The van der Waals surface area contributed by atoms with E-state index in [1.807, 2.05) is 12.1 Å². The van der Waals surface area contributed by atoms with Gasteiger partial charge < -0.3 is 0 Å². The van der Waals surface area contributed by atoms with Crippen molar-refractivity contribution in [3.05, 3.63) is 210 Å². The normalized spacial score (nSPS) is 16.2. The van der Waals surface area contributed by atoms with Crippen LogP contribution < -0.4 is 0 Å². The Balaban J connectivity index is 1.04. The second-order valence-electron chi connectivity index (χ2n) is 20.0. The first-order valence-electron chi connectivity index (χ1n) is 25.0. The second-order valence-corrected chi connectivity index (χ2v) is 20.0. The van der Waals surface area contributed by atoms with E-state index in [0.717, 1.165) is 16.7 Å². The Bertz CT molecular complexity index is 3570. The van der Waals surface area contributed by atoms with Crippen LogP contribution in [-0.2, 0) is 10.8 Å². The Morgan fingerprint density at radius 1 is 0.265 bits per heavy atom. The topological polar surface area (TPSA) is 38.7 Å². The molecule has 4 aliphatic carbocycles. The summed E-state index contributed by atoms with van der Waals surface area (Å²) in [4.78, 5) is 15.6. The van der Waals surface area contributed by atoms with Crippen LogP contribution in [0.2, 0.25) is 0 Å². The molecule has 0 aliphatic heterocycles. The fourth-order valence-electron chi connectivity index (χ4n) is 13.5. The summed E-state index contributed by atoms with van der Waals surface area (Å²) in [5.74, 6) is 2.00. The zero-order chi connectivity index (χ0) is 44.8. The summed E-state index contributed by atoms with van der Waals surface area (Å²) in [6.45, 7) is 0. The monoisotopic (exact) mass is 873 g/mol.